The van der Waals surface area contributed by atoms with Gasteiger partial charge in [-0.1, -0.05) is 20.8 Å². The van der Waals surface area contributed by atoms with Gasteiger partial charge in [0.15, 0.2) is 14.6 Å². The third-order valence-electron chi connectivity index (χ3n) is 7.04. The van der Waals surface area contributed by atoms with E-state index in [4.69, 9.17) is 25.1 Å². The van der Waals surface area contributed by atoms with Crippen molar-refractivity contribution in [3.05, 3.63) is 0 Å². The van der Waals surface area contributed by atoms with E-state index in [2.05, 4.69) is 39.8 Å². The van der Waals surface area contributed by atoms with Gasteiger partial charge in [0.2, 0.25) is 0 Å². The number of esters is 1. The molecule has 7 heteroatoms. The van der Waals surface area contributed by atoms with Crippen LogP contribution in [0.5, 0.6) is 0 Å². The summed E-state index contributed by atoms with van der Waals surface area (Å²) in [6.45, 7) is 12.2. The van der Waals surface area contributed by atoms with Crippen LogP contribution in [0.25, 0.3) is 0 Å². The molecule has 1 aliphatic carbocycles. The van der Waals surface area contributed by atoms with Crippen LogP contribution in [0.15, 0.2) is 0 Å². The highest BCUT2D eigenvalue weighted by atomic mass is 28.4. The maximum atomic E-state index is 13.0. The molecule has 0 unspecified atom stereocenters. The van der Waals surface area contributed by atoms with Crippen LogP contribution in [0, 0.1) is 23.7 Å². The minimum absolute atomic E-state index is 0.0101. The molecule has 2 rings (SSSR count). The molecule has 1 saturated heterocycles. The van der Waals surface area contributed by atoms with Crippen LogP contribution in [0.1, 0.15) is 59.3 Å². The number of ether oxygens (including phenoxy) is 3. The second-order valence-electron chi connectivity index (χ2n) is 10.1. The van der Waals surface area contributed by atoms with Crippen LogP contribution < -0.4 is 0 Å². The number of carbonyl (C=O) groups excluding carboxylic acids is 2. The van der Waals surface area contributed by atoms with Crippen molar-refractivity contribution in [2.45, 2.75) is 89.8 Å². The fourth-order valence-corrected chi connectivity index (χ4v) is 5.74. The van der Waals surface area contributed by atoms with Crippen LogP contribution in [-0.2, 0) is 28.2 Å². The third-order valence-corrected chi connectivity index (χ3v) is 11.5. The second-order valence-corrected chi connectivity index (χ2v) is 14.8. The molecule has 30 heavy (non-hydrogen) atoms. The highest BCUT2D eigenvalue weighted by molar-refractivity contribution is 6.74. The van der Waals surface area contributed by atoms with Gasteiger partial charge in [0.05, 0.1) is 25.7 Å². The average Bonchev–Trinajstić information content (AvgIpc) is 3.17. The third kappa shape index (κ3) is 5.53. The van der Waals surface area contributed by atoms with E-state index in [1.54, 1.807) is 0 Å². The quantitative estimate of drug-likeness (QED) is 0.323. The van der Waals surface area contributed by atoms with Gasteiger partial charge in [-0.3, -0.25) is 9.59 Å². The van der Waals surface area contributed by atoms with E-state index >= 15 is 0 Å². The summed E-state index contributed by atoms with van der Waals surface area (Å²) in [6.07, 6.45) is 7.85. The number of Topliss-reactive ketones (excluding diaryl/α,β-unsaturated/α-hetero) is 1. The first-order chi connectivity index (χ1) is 14.0. The van der Waals surface area contributed by atoms with Gasteiger partial charge in [-0.15, -0.1) is 12.3 Å². The standard InChI is InChI=1S/C23H38O6Si/c1-8-13-23(21(25)26-5)16-17(24)9-10-18(23)19(11-12-20-27-14-15-28-20)29-30(6,7)22(2,3)4/h1,18-20H,9-16H2,2-7H3/t18-,19-,23+/m0/s1. The van der Waals surface area contributed by atoms with Gasteiger partial charge in [0.1, 0.15) is 5.78 Å². The molecule has 1 heterocycles. The summed E-state index contributed by atoms with van der Waals surface area (Å²) >= 11 is 0. The van der Waals surface area contributed by atoms with E-state index in [9.17, 15) is 9.59 Å². The summed E-state index contributed by atoms with van der Waals surface area (Å²) < 4.78 is 23.3. The van der Waals surface area contributed by atoms with Gasteiger partial charge < -0.3 is 18.6 Å². The zero-order valence-electron chi connectivity index (χ0n) is 19.4. The Kier molecular flexibility index (Phi) is 8.31. The molecule has 2 aliphatic rings. The monoisotopic (exact) mass is 438 g/mol. The van der Waals surface area contributed by atoms with E-state index in [0.29, 0.717) is 38.9 Å². The Bertz CT molecular complexity index is 656. The number of ketones is 1. The number of methoxy groups -OCH3 is 1. The molecule has 2 fully saturated rings. The van der Waals surface area contributed by atoms with Gasteiger partial charge in [-0.25, -0.2) is 0 Å². The Labute approximate surface area is 182 Å². The summed E-state index contributed by atoms with van der Waals surface area (Å²) in [6, 6.07) is 0. The fourth-order valence-electron chi connectivity index (χ4n) is 4.35. The van der Waals surface area contributed by atoms with Gasteiger partial charge in [0.25, 0.3) is 0 Å². The van der Waals surface area contributed by atoms with Crippen molar-refractivity contribution in [1.29, 1.82) is 0 Å². The Morgan fingerprint density at radius 3 is 2.50 bits per heavy atom. The summed E-state index contributed by atoms with van der Waals surface area (Å²) in [5.74, 6) is 2.11. The summed E-state index contributed by atoms with van der Waals surface area (Å²) in [5.41, 5.74) is -1.04. The lowest BCUT2D eigenvalue weighted by atomic mass is 9.61. The molecule has 0 amide bonds. The first kappa shape index (κ1) is 25.1. The zero-order valence-corrected chi connectivity index (χ0v) is 20.4. The Hall–Kier alpha value is -1.20. The summed E-state index contributed by atoms with van der Waals surface area (Å²) in [7, 11) is -0.785. The van der Waals surface area contributed by atoms with Crippen molar-refractivity contribution < 1.29 is 28.2 Å². The van der Waals surface area contributed by atoms with Crippen LogP contribution in [0.3, 0.4) is 0 Å². The molecule has 0 aromatic carbocycles. The molecule has 0 N–H and O–H groups in total. The molecule has 0 spiro atoms. The molecule has 3 atom stereocenters. The van der Waals surface area contributed by atoms with E-state index in [-0.39, 0.29) is 42.0 Å². The van der Waals surface area contributed by atoms with Gasteiger partial charge in [-0.2, -0.15) is 0 Å². The number of rotatable bonds is 8. The predicted molar refractivity (Wildman–Crippen MR) is 117 cm³/mol. The lowest BCUT2D eigenvalue weighted by Gasteiger charge is -2.48. The number of carbonyl (C=O) groups is 2. The van der Waals surface area contributed by atoms with Gasteiger partial charge in [0, 0.05) is 37.7 Å². The van der Waals surface area contributed by atoms with E-state index in [1.807, 2.05) is 0 Å². The van der Waals surface area contributed by atoms with Crippen molar-refractivity contribution in [2.24, 2.45) is 11.3 Å². The van der Waals surface area contributed by atoms with Crippen LogP contribution >= 0.6 is 0 Å². The first-order valence-electron chi connectivity index (χ1n) is 10.9. The van der Waals surface area contributed by atoms with Crippen LogP contribution in [0.2, 0.25) is 18.1 Å². The minimum Gasteiger partial charge on any atom is -0.469 e. The number of terminal acetylenes is 1. The molecule has 0 aromatic rings. The van der Waals surface area contributed by atoms with Crippen molar-refractivity contribution in [3.8, 4) is 12.3 Å². The molecule has 1 saturated carbocycles. The normalized spacial score (nSPS) is 27.0. The molecule has 1 aliphatic heterocycles. The lowest BCUT2D eigenvalue weighted by Crippen LogP contribution is -2.53. The zero-order chi connectivity index (χ0) is 22.6. The summed E-state index contributed by atoms with van der Waals surface area (Å²) in [5, 5.41) is 0.0101. The molecule has 170 valence electrons. The summed E-state index contributed by atoms with van der Waals surface area (Å²) in [4.78, 5) is 25.4. The maximum absolute atomic E-state index is 13.0. The first-order valence-corrected chi connectivity index (χ1v) is 13.8. The topological polar surface area (TPSA) is 71.1 Å². The SMILES string of the molecule is C#CC[C@@]1(C(=O)OC)CC(=O)CC[C@H]1[C@H](CCC1OCCO1)O[Si](C)(C)C(C)(C)C. The van der Waals surface area contributed by atoms with E-state index in [0.717, 1.165) is 0 Å². The average molecular weight is 439 g/mol. The predicted octanol–water partition coefficient (Wildman–Crippen LogP) is 4.08. The second kappa shape index (κ2) is 9.95. The fraction of sp³-hybridized carbons (Fsp3) is 0.826. The Morgan fingerprint density at radius 1 is 1.33 bits per heavy atom. The van der Waals surface area contributed by atoms with E-state index < -0.39 is 19.7 Å². The number of hydrogen-bond donors (Lipinski definition) is 0. The minimum atomic E-state index is -2.15. The van der Waals surface area contributed by atoms with Gasteiger partial charge in [-0.05, 0) is 31.0 Å². The highest BCUT2D eigenvalue weighted by Crippen LogP contribution is 2.49. The maximum Gasteiger partial charge on any atom is 0.313 e. The van der Waals surface area contributed by atoms with E-state index in [1.165, 1.54) is 7.11 Å². The molecule has 0 bridgehead atoms. The van der Waals surface area contributed by atoms with Crippen LogP contribution in [-0.4, -0.2) is 52.8 Å². The largest absolute Gasteiger partial charge is 0.469 e. The Balaban J connectivity index is 2.39. The highest BCUT2D eigenvalue weighted by Gasteiger charge is 2.54. The van der Waals surface area contributed by atoms with Crippen molar-refractivity contribution in [1.82, 2.24) is 0 Å². The van der Waals surface area contributed by atoms with Crippen molar-refractivity contribution in [3.63, 3.8) is 0 Å². The molecule has 0 radical (unpaired) electrons. The molecular weight excluding hydrogens is 400 g/mol. The lowest BCUT2D eigenvalue weighted by molar-refractivity contribution is -0.166. The van der Waals surface area contributed by atoms with Crippen molar-refractivity contribution >= 4 is 20.1 Å². The van der Waals surface area contributed by atoms with Gasteiger partial charge >= 0.3 is 5.97 Å². The smallest absolute Gasteiger partial charge is 0.313 e. The Morgan fingerprint density at radius 2 is 1.97 bits per heavy atom. The van der Waals surface area contributed by atoms with Crippen LogP contribution in [0.4, 0.5) is 0 Å². The van der Waals surface area contributed by atoms with Crippen molar-refractivity contribution in [2.75, 3.05) is 20.3 Å². The molecular formula is C23H38O6Si. The number of hydrogen-bond acceptors (Lipinski definition) is 6. The molecule has 6 nitrogen and oxygen atoms in total. The molecule has 0 aromatic heterocycles.